The second-order valence-corrected chi connectivity index (χ2v) is 4.80. The summed E-state index contributed by atoms with van der Waals surface area (Å²) in [6.07, 6.45) is 0. The van der Waals surface area contributed by atoms with Crippen molar-refractivity contribution in [1.29, 1.82) is 0 Å². The van der Waals surface area contributed by atoms with Crippen molar-refractivity contribution in [3.8, 4) is 0 Å². The van der Waals surface area contributed by atoms with Crippen LogP contribution in [-0.4, -0.2) is 22.4 Å². The van der Waals surface area contributed by atoms with Crippen molar-refractivity contribution in [2.24, 2.45) is 0 Å². The molecule has 2 rings (SSSR count). The molecule has 1 saturated heterocycles. The number of urea groups is 1. The Labute approximate surface area is 104 Å². The van der Waals surface area contributed by atoms with Crippen LogP contribution in [0.3, 0.4) is 0 Å². The van der Waals surface area contributed by atoms with Gasteiger partial charge in [0.25, 0.3) is 5.91 Å². The van der Waals surface area contributed by atoms with Crippen LogP contribution in [0.25, 0.3) is 0 Å². The summed E-state index contributed by atoms with van der Waals surface area (Å²) in [7, 11) is 0. The van der Waals surface area contributed by atoms with E-state index in [1.807, 2.05) is 0 Å². The van der Waals surface area contributed by atoms with Crippen LogP contribution in [0.1, 0.15) is 19.4 Å². The third kappa shape index (κ3) is 2.01. The smallest absolute Gasteiger partial charge is 0.325 e. The van der Waals surface area contributed by atoms with Gasteiger partial charge in [-0.1, -0.05) is 6.07 Å². The van der Waals surface area contributed by atoms with Gasteiger partial charge >= 0.3 is 6.03 Å². The zero-order valence-electron chi connectivity index (χ0n) is 10.2. The molecule has 3 N–H and O–H groups in total. The number of nitrogens with two attached hydrogens (primary N) is 1. The number of hydrogen-bond donors (Lipinski definition) is 2. The van der Waals surface area contributed by atoms with Gasteiger partial charge in [-0.25, -0.2) is 9.18 Å². The topological polar surface area (TPSA) is 75.4 Å². The molecular formula is C12H14FN3O2. The Balaban J connectivity index is 2.22. The molecule has 1 heterocycles. The maximum absolute atomic E-state index is 13.3. The quantitative estimate of drug-likeness (QED) is 0.613. The molecule has 0 atom stereocenters. The minimum absolute atomic E-state index is 0.0330. The fourth-order valence-electron chi connectivity index (χ4n) is 1.81. The largest absolute Gasteiger partial charge is 0.396 e. The lowest BCUT2D eigenvalue weighted by atomic mass is 10.1. The van der Waals surface area contributed by atoms with E-state index in [0.717, 1.165) is 4.90 Å². The number of benzene rings is 1. The minimum atomic E-state index is -0.913. The highest BCUT2D eigenvalue weighted by Gasteiger charge is 2.44. The number of imide groups is 1. The van der Waals surface area contributed by atoms with Crippen LogP contribution in [0.2, 0.25) is 0 Å². The molecule has 1 fully saturated rings. The summed E-state index contributed by atoms with van der Waals surface area (Å²) < 4.78 is 13.3. The summed E-state index contributed by atoms with van der Waals surface area (Å²) in [5.74, 6) is -0.886. The second-order valence-electron chi connectivity index (χ2n) is 4.80. The molecule has 0 aliphatic carbocycles. The molecule has 1 aromatic rings. The summed E-state index contributed by atoms with van der Waals surface area (Å²) in [6.45, 7) is 3.28. The van der Waals surface area contributed by atoms with E-state index < -0.39 is 17.4 Å². The van der Waals surface area contributed by atoms with E-state index in [2.05, 4.69) is 5.32 Å². The van der Waals surface area contributed by atoms with Gasteiger partial charge in [-0.3, -0.25) is 9.69 Å². The van der Waals surface area contributed by atoms with Crippen molar-refractivity contribution in [2.75, 3.05) is 5.73 Å². The van der Waals surface area contributed by atoms with Crippen molar-refractivity contribution < 1.29 is 14.0 Å². The summed E-state index contributed by atoms with van der Waals surface area (Å²) >= 11 is 0. The van der Waals surface area contributed by atoms with E-state index in [1.54, 1.807) is 19.9 Å². The predicted molar refractivity (Wildman–Crippen MR) is 64.0 cm³/mol. The Morgan fingerprint density at radius 2 is 2.06 bits per heavy atom. The van der Waals surface area contributed by atoms with E-state index >= 15 is 0 Å². The van der Waals surface area contributed by atoms with E-state index in [0.29, 0.717) is 5.56 Å². The number of amides is 3. The minimum Gasteiger partial charge on any atom is -0.396 e. The first-order valence-corrected chi connectivity index (χ1v) is 5.49. The third-order valence-corrected chi connectivity index (χ3v) is 2.85. The molecule has 18 heavy (non-hydrogen) atoms. The van der Waals surface area contributed by atoms with Crippen LogP contribution in [0, 0.1) is 5.82 Å². The standard InChI is InChI=1S/C12H14FN3O2/c1-12(2)10(17)16(11(18)15-12)6-7-3-4-9(14)8(13)5-7/h3-5H,6,14H2,1-2H3,(H,15,18). The number of anilines is 1. The fourth-order valence-corrected chi connectivity index (χ4v) is 1.81. The van der Waals surface area contributed by atoms with Gasteiger partial charge in [-0.2, -0.15) is 0 Å². The Hall–Kier alpha value is -2.11. The van der Waals surface area contributed by atoms with Crippen molar-refractivity contribution in [3.63, 3.8) is 0 Å². The number of hydrogen-bond acceptors (Lipinski definition) is 3. The first-order valence-electron chi connectivity index (χ1n) is 5.49. The Bertz CT molecular complexity index is 528. The highest BCUT2D eigenvalue weighted by molar-refractivity contribution is 6.06. The number of carbonyl (C=O) groups is 2. The Morgan fingerprint density at radius 1 is 1.39 bits per heavy atom. The van der Waals surface area contributed by atoms with Gasteiger partial charge in [-0.05, 0) is 31.5 Å². The molecule has 0 radical (unpaired) electrons. The average Bonchev–Trinajstić information content (AvgIpc) is 2.46. The number of rotatable bonds is 2. The fraction of sp³-hybridized carbons (Fsp3) is 0.333. The van der Waals surface area contributed by atoms with E-state index in [4.69, 9.17) is 5.73 Å². The molecule has 96 valence electrons. The molecule has 3 amide bonds. The SMILES string of the molecule is CC1(C)NC(=O)N(Cc2ccc(N)c(F)c2)C1=O. The zero-order chi connectivity index (χ0) is 13.5. The van der Waals surface area contributed by atoms with Crippen LogP contribution in [0.4, 0.5) is 14.9 Å². The van der Waals surface area contributed by atoms with Crippen LogP contribution < -0.4 is 11.1 Å². The van der Waals surface area contributed by atoms with Gasteiger partial charge in [-0.15, -0.1) is 0 Å². The van der Waals surface area contributed by atoms with Crippen molar-refractivity contribution in [3.05, 3.63) is 29.6 Å². The van der Waals surface area contributed by atoms with Crippen LogP contribution in [0.15, 0.2) is 18.2 Å². The van der Waals surface area contributed by atoms with Gasteiger partial charge in [0, 0.05) is 0 Å². The first-order chi connectivity index (χ1) is 8.31. The molecule has 0 bridgehead atoms. The van der Waals surface area contributed by atoms with E-state index in [-0.39, 0.29) is 18.1 Å². The molecule has 6 heteroatoms. The third-order valence-electron chi connectivity index (χ3n) is 2.85. The first kappa shape index (κ1) is 12.3. The highest BCUT2D eigenvalue weighted by Crippen LogP contribution is 2.20. The van der Waals surface area contributed by atoms with Gasteiger partial charge in [0.05, 0.1) is 12.2 Å². The van der Waals surface area contributed by atoms with E-state index in [1.165, 1.54) is 12.1 Å². The predicted octanol–water partition coefficient (Wildman–Crippen LogP) is 1.24. The maximum atomic E-state index is 13.3. The zero-order valence-corrected chi connectivity index (χ0v) is 10.2. The lowest BCUT2D eigenvalue weighted by Gasteiger charge is -2.16. The molecule has 1 aliphatic heterocycles. The molecule has 0 aromatic heterocycles. The summed E-state index contributed by atoms with van der Waals surface area (Å²) in [5.41, 5.74) is 5.00. The summed E-state index contributed by atoms with van der Waals surface area (Å²) in [4.78, 5) is 24.6. The van der Waals surface area contributed by atoms with Gasteiger partial charge in [0.15, 0.2) is 0 Å². The lowest BCUT2D eigenvalue weighted by Crippen LogP contribution is -2.40. The monoisotopic (exact) mass is 251 g/mol. The normalized spacial score (nSPS) is 18.1. The number of halogens is 1. The lowest BCUT2D eigenvalue weighted by molar-refractivity contribution is -0.130. The van der Waals surface area contributed by atoms with Crippen LogP contribution in [0.5, 0.6) is 0 Å². The number of nitrogens with one attached hydrogen (secondary N) is 1. The van der Waals surface area contributed by atoms with Crippen LogP contribution in [-0.2, 0) is 11.3 Å². The summed E-state index contributed by atoms with van der Waals surface area (Å²) in [5, 5.41) is 2.56. The van der Waals surface area contributed by atoms with Gasteiger partial charge < -0.3 is 11.1 Å². The molecular weight excluding hydrogens is 237 g/mol. The average molecular weight is 251 g/mol. The molecule has 0 unspecified atom stereocenters. The molecule has 5 nitrogen and oxygen atoms in total. The second kappa shape index (κ2) is 3.97. The van der Waals surface area contributed by atoms with Gasteiger partial charge in [0.2, 0.25) is 0 Å². The number of nitrogens with zero attached hydrogens (tertiary/aromatic N) is 1. The number of nitrogen functional groups attached to an aromatic ring is 1. The number of carbonyl (C=O) groups excluding carboxylic acids is 2. The molecule has 1 aliphatic rings. The van der Waals surface area contributed by atoms with Crippen molar-refractivity contribution in [2.45, 2.75) is 25.9 Å². The van der Waals surface area contributed by atoms with Gasteiger partial charge in [0.1, 0.15) is 11.4 Å². The Kier molecular flexibility index (Phi) is 2.73. The van der Waals surface area contributed by atoms with Crippen molar-refractivity contribution in [1.82, 2.24) is 10.2 Å². The van der Waals surface area contributed by atoms with Crippen molar-refractivity contribution >= 4 is 17.6 Å². The van der Waals surface area contributed by atoms with E-state index in [9.17, 15) is 14.0 Å². The Morgan fingerprint density at radius 3 is 2.56 bits per heavy atom. The highest BCUT2D eigenvalue weighted by atomic mass is 19.1. The molecule has 0 spiro atoms. The van der Waals surface area contributed by atoms with Crippen LogP contribution >= 0.6 is 0 Å². The molecule has 0 saturated carbocycles. The summed E-state index contributed by atoms with van der Waals surface area (Å²) in [6, 6.07) is 3.75. The maximum Gasteiger partial charge on any atom is 0.325 e. The molecule has 1 aromatic carbocycles.